The number of carbonyl (C=O) groups is 3. The van der Waals surface area contributed by atoms with Crippen molar-refractivity contribution < 1.29 is 28.6 Å². The maximum Gasteiger partial charge on any atom is 0.306 e. The van der Waals surface area contributed by atoms with Gasteiger partial charge in [0, 0.05) is 19.3 Å². The fraction of sp³-hybridized carbons (Fsp3) is 0.727. The van der Waals surface area contributed by atoms with Crippen molar-refractivity contribution >= 4 is 17.9 Å². The molecule has 0 amide bonds. The summed E-state index contributed by atoms with van der Waals surface area (Å²) >= 11 is 0. The van der Waals surface area contributed by atoms with Gasteiger partial charge >= 0.3 is 17.9 Å². The molecule has 1 unspecified atom stereocenters. The molecular formula is C77H132O6. The highest BCUT2D eigenvalue weighted by Gasteiger charge is 2.19. The average molecular weight is 1150 g/mol. The SMILES string of the molecule is CC/C=C\C/C=C\C/C=C\C/C=C\C/C=C\C/C=C\C/C=C\CCCC(=O)OC(COC(=O)CCCCCCCCCCCCCCC/C=C\C/C=C\CCCCCCC)COC(=O)CCCCCCCCCCCCCCCCCCC. The Morgan fingerprint density at radius 3 is 0.771 bits per heavy atom. The van der Waals surface area contributed by atoms with Crippen LogP contribution in [-0.4, -0.2) is 37.2 Å². The van der Waals surface area contributed by atoms with Gasteiger partial charge in [-0.25, -0.2) is 0 Å². The van der Waals surface area contributed by atoms with Crippen molar-refractivity contribution in [1.29, 1.82) is 0 Å². The van der Waals surface area contributed by atoms with E-state index in [1.165, 1.54) is 199 Å². The van der Waals surface area contributed by atoms with Crippen LogP contribution in [0.3, 0.4) is 0 Å². The summed E-state index contributed by atoms with van der Waals surface area (Å²) in [7, 11) is 0. The Morgan fingerprint density at radius 2 is 0.482 bits per heavy atom. The van der Waals surface area contributed by atoms with Gasteiger partial charge < -0.3 is 14.2 Å². The molecule has 0 fully saturated rings. The Hall–Kier alpha value is -3.93. The fourth-order valence-electron chi connectivity index (χ4n) is 9.99. The van der Waals surface area contributed by atoms with Crippen LogP contribution in [0.25, 0.3) is 0 Å². The molecule has 0 aromatic heterocycles. The summed E-state index contributed by atoms with van der Waals surface area (Å²) in [5, 5.41) is 0. The van der Waals surface area contributed by atoms with Crippen molar-refractivity contribution in [2.24, 2.45) is 0 Å². The number of hydrogen-bond acceptors (Lipinski definition) is 6. The summed E-state index contributed by atoms with van der Waals surface area (Å²) in [6.45, 7) is 6.51. The van der Waals surface area contributed by atoms with Gasteiger partial charge in [-0.2, -0.15) is 0 Å². The second kappa shape index (κ2) is 70.6. The lowest BCUT2D eigenvalue weighted by Gasteiger charge is -2.18. The van der Waals surface area contributed by atoms with Gasteiger partial charge in [-0.1, -0.05) is 329 Å². The number of ether oxygens (including phenoxy) is 3. The molecule has 0 aliphatic carbocycles. The van der Waals surface area contributed by atoms with Gasteiger partial charge in [0.05, 0.1) is 0 Å². The summed E-state index contributed by atoms with van der Waals surface area (Å²) in [5.74, 6) is -0.944. The highest BCUT2D eigenvalue weighted by Crippen LogP contribution is 2.17. The molecule has 0 aromatic carbocycles. The zero-order valence-electron chi connectivity index (χ0n) is 54.7. The molecular weight excluding hydrogens is 1020 g/mol. The molecule has 83 heavy (non-hydrogen) atoms. The van der Waals surface area contributed by atoms with Crippen LogP contribution in [-0.2, 0) is 28.6 Å². The lowest BCUT2D eigenvalue weighted by atomic mass is 10.0. The minimum Gasteiger partial charge on any atom is -0.462 e. The maximum absolute atomic E-state index is 12.9. The van der Waals surface area contributed by atoms with E-state index in [9.17, 15) is 14.4 Å². The molecule has 0 radical (unpaired) electrons. The second-order valence-corrected chi connectivity index (χ2v) is 23.4. The second-order valence-electron chi connectivity index (χ2n) is 23.4. The van der Waals surface area contributed by atoms with E-state index in [2.05, 4.69) is 130 Å². The van der Waals surface area contributed by atoms with Gasteiger partial charge in [0.25, 0.3) is 0 Å². The van der Waals surface area contributed by atoms with Crippen LogP contribution in [0.1, 0.15) is 342 Å². The topological polar surface area (TPSA) is 78.9 Å². The van der Waals surface area contributed by atoms with E-state index in [0.717, 1.165) is 96.3 Å². The summed E-state index contributed by atoms with van der Waals surface area (Å²) in [5.41, 5.74) is 0. The monoisotopic (exact) mass is 1150 g/mol. The van der Waals surface area contributed by atoms with Gasteiger partial charge in [0.1, 0.15) is 13.2 Å². The summed E-state index contributed by atoms with van der Waals surface area (Å²) < 4.78 is 16.9. The number of hydrogen-bond donors (Lipinski definition) is 0. The molecule has 0 saturated heterocycles. The summed E-state index contributed by atoms with van der Waals surface area (Å²) in [6.07, 6.45) is 96.9. The van der Waals surface area contributed by atoms with E-state index in [1.54, 1.807) is 0 Å². The molecule has 0 rings (SSSR count). The van der Waals surface area contributed by atoms with E-state index >= 15 is 0 Å². The molecule has 0 N–H and O–H groups in total. The first-order valence-electron chi connectivity index (χ1n) is 35.4. The Morgan fingerprint density at radius 1 is 0.253 bits per heavy atom. The van der Waals surface area contributed by atoms with E-state index in [4.69, 9.17) is 14.2 Å². The van der Waals surface area contributed by atoms with Crippen molar-refractivity contribution in [1.82, 2.24) is 0 Å². The van der Waals surface area contributed by atoms with Crippen LogP contribution in [0.5, 0.6) is 0 Å². The molecule has 0 saturated carbocycles. The van der Waals surface area contributed by atoms with Gasteiger partial charge in [-0.3, -0.25) is 14.4 Å². The van der Waals surface area contributed by atoms with Gasteiger partial charge in [0.2, 0.25) is 0 Å². The Bertz CT molecular complexity index is 1660. The predicted molar refractivity (Wildman–Crippen MR) is 362 cm³/mol. The number of rotatable bonds is 64. The van der Waals surface area contributed by atoms with Crippen molar-refractivity contribution in [3.63, 3.8) is 0 Å². The molecule has 476 valence electrons. The Labute approximate surface area is 514 Å². The highest BCUT2D eigenvalue weighted by atomic mass is 16.6. The summed E-state index contributed by atoms with van der Waals surface area (Å²) in [4.78, 5) is 38.5. The van der Waals surface area contributed by atoms with E-state index in [1.807, 2.05) is 0 Å². The van der Waals surface area contributed by atoms with Gasteiger partial charge in [-0.05, 0) is 103 Å². The Kier molecular flexibility index (Phi) is 67.2. The molecule has 0 heterocycles. The van der Waals surface area contributed by atoms with Crippen molar-refractivity contribution in [3.05, 3.63) is 109 Å². The van der Waals surface area contributed by atoms with Crippen LogP contribution < -0.4 is 0 Å². The summed E-state index contributed by atoms with van der Waals surface area (Å²) in [6, 6.07) is 0. The van der Waals surface area contributed by atoms with Crippen LogP contribution in [0, 0.1) is 0 Å². The third-order valence-electron chi connectivity index (χ3n) is 15.3. The van der Waals surface area contributed by atoms with Crippen LogP contribution in [0.2, 0.25) is 0 Å². The van der Waals surface area contributed by atoms with Gasteiger partial charge in [-0.15, -0.1) is 0 Å². The van der Waals surface area contributed by atoms with Crippen LogP contribution in [0.4, 0.5) is 0 Å². The third-order valence-corrected chi connectivity index (χ3v) is 15.3. The number of allylic oxidation sites excluding steroid dienone is 18. The average Bonchev–Trinajstić information content (AvgIpc) is 3.49. The maximum atomic E-state index is 12.9. The number of esters is 3. The number of unbranched alkanes of at least 4 members (excludes halogenated alkanes) is 35. The lowest BCUT2D eigenvalue weighted by Crippen LogP contribution is -2.30. The minimum atomic E-state index is -0.811. The molecule has 0 aromatic rings. The normalized spacial score (nSPS) is 12.8. The first-order chi connectivity index (χ1) is 41.0. The van der Waals surface area contributed by atoms with Crippen molar-refractivity contribution in [2.75, 3.05) is 13.2 Å². The lowest BCUT2D eigenvalue weighted by molar-refractivity contribution is -0.167. The molecule has 0 spiro atoms. The van der Waals surface area contributed by atoms with E-state index in [0.29, 0.717) is 19.3 Å². The van der Waals surface area contributed by atoms with E-state index in [-0.39, 0.29) is 37.5 Å². The first-order valence-corrected chi connectivity index (χ1v) is 35.4. The minimum absolute atomic E-state index is 0.0989. The molecule has 6 nitrogen and oxygen atoms in total. The Balaban J connectivity index is 4.43. The van der Waals surface area contributed by atoms with Gasteiger partial charge in [0.15, 0.2) is 6.10 Å². The number of carbonyl (C=O) groups excluding carboxylic acids is 3. The molecule has 6 heteroatoms. The fourth-order valence-corrected chi connectivity index (χ4v) is 9.99. The van der Waals surface area contributed by atoms with E-state index < -0.39 is 6.10 Å². The molecule has 0 bridgehead atoms. The highest BCUT2D eigenvalue weighted by molar-refractivity contribution is 5.71. The standard InChI is InChI=1S/C77H132O6/c1-4-7-10-13-16-19-22-25-28-31-33-35-37-38-40-41-43-46-49-52-55-58-61-64-67-70-76(79)82-73-74(72-81-75(78)69-66-63-60-57-54-51-48-45-30-27-24-21-18-15-12-9-6-3)83-77(80)71-68-65-62-59-56-53-50-47-44-42-39-36-34-32-29-26-23-20-17-14-11-8-5-2/h8,11,17,20,22,25-26,29,31,33-34,36,42,44,50,53,59,62,74H,4-7,9-10,12-16,18-19,21,23-24,27-28,30,32,35,37-41,43,45-49,51-52,54-58,60-61,63-73H2,1-3H3/b11-8-,20-17-,25-22-,29-26-,33-31-,36-34-,44-42-,53-50-,62-59-. The first kappa shape index (κ1) is 79.1. The quantitative estimate of drug-likeness (QED) is 0.0261. The largest absolute Gasteiger partial charge is 0.462 e. The molecule has 0 aliphatic heterocycles. The smallest absolute Gasteiger partial charge is 0.306 e. The molecule has 0 aliphatic rings. The zero-order chi connectivity index (χ0) is 59.9. The zero-order valence-corrected chi connectivity index (χ0v) is 54.7. The third kappa shape index (κ3) is 68.7. The van der Waals surface area contributed by atoms with Crippen LogP contribution >= 0.6 is 0 Å². The molecule has 1 atom stereocenters. The van der Waals surface area contributed by atoms with Crippen molar-refractivity contribution in [2.45, 2.75) is 348 Å². The predicted octanol–water partition coefficient (Wildman–Crippen LogP) is 24.6. The van der Waals surface area contributed by atoms with Crippen molar-refractivity contribution in [3.8, 4) is 0 Å². The van der Waals surface area contributed by atoms with Crippen LogP contribution in [0.15, 0.2) is 109 Å².